The number of fused-ring (bicyclic) bond motifs is 1. The summed E-state index contributed by atoms with van der Waals surface area (Å²) >= 11 is 7.97. The predicted molar refractivity (Wildman–Crippen MR) is 96.2 cm³/mol. The highest BCUT2D eigenvalue weighted by atomic mass is 35.5. The first-order valence-corrected chi connectivity index (χ1v) is 9.22. The van der Waals surface area contributed by atoms with Gasteiger partial charge in [-0.3, -0.25) is 4.79 Å². The van der Waals surface area contributed by atoms with Crippen LogP contribution in [0.1, 0.15) is 10.5 Å². The molecule has 1 aliphatic rings. The minimum absolute atomic E-state index is 0.122. The van der Waals surface area contributed by atoms with Crippen LogP contribution in [0.25, 0.3) is 10.9 Å². The number of methoxy groups -OCH3 is 1. The topological polar surface area (TPSA) is 75.6 Å². The first-order valence-electron chi connectivity index (χ1n) is 7.69. The number of ether oxygens (including phenoxy) is 1. The second kappa shape index (κ2) is 7.46. The summed E-state index contributed by atoms with van der Waals surface area (Å²) in [6.45, 7) is 2.33. The molecule has 8 heteroatoms. The van der Waals surface area contributed by atoms with E-state index >= 15 is 0 Å². The molecule has 0 radical (unpaired) electrons. The summed E-state index contributed by atoms with van der Waals surface area (Å²) in [5, 5.41) is 4.10. The third kappa shape index (κ3) is 3.68. The van der Waals surface area contributed by atoms with E-state index in [4.69, 9.17) is 16.3 Å². The molecular formula is C16H19ClN3O3S+. The van der Waals surface area contributed by atoms with Crippen molar-refractivity contribution in [3.63, 3.8) is 0 Å². The van der Waals surface area contributed by atoms with Crippen LogP contribution in [-0.2, 0) is 9.53 Å². The van der Waals surface area contributed by atoms with Crippen molar-refractivity contribution < 1.29 is 19.2 Å². The molecule has 0 spiro atoms. The van der Waals surface area contributed by atoms with Gasteiger partial charge in [-0.2, -0.15) is 11.8 Å². The average molecular weight is 369 g/mol. The number of aromatic amines is 1. The van der Waals surface area contributed by atoms with Gasteiger partial charge in [-0.05, 0) is 18.2 Å². The fourth-order valence-corrected chi connectivity index (χ4v) is 4.04. The number of H-pyrrole nitrogens is 1. The number of hydrogen-bond donors (Lipinski definition) is 3. The summed E-state index contributed by atoms with van der Waals surface area (Å²) in [6.07, 6.45) is 0. The van der Waals surface area contributed by atoms with Crippen LogP contribution >= 0.6 is 23.4 Å². The molecule has 3 rings (SSSR count). The van der Waals surface area contributed by atoms with E-state index in [0.29, 0.717) is 22.6 Å². The molecule has 0 saturated carbocycles. The van der Waals surface area contributed by atoms with Crippen molar-refractivity contribution >= 4 is 51.8 Å². The summed E-state index contributed by atoms with van der Waals surface area (Å²) < 4.78 is 4.81. The lowest BCUT2D eigenvalue weighted by Crippen LogP contribution is -3.14. The van der Waals surface area contributed by atoms with Gasteiger partial charge in [0.05, 0.1) is 25.9 Å². The minimum atomic E-state index is -0.528. The van der Waals surface area contributed by atoms with E-state index in [9.17, 15) is 9.59 Å². The number of nitrogens with one attached hydrogen (secondary N) is 3. The predicted octanol–water partition coefficient (Wildman–Crippen LogP) is 1.18. The van der Waals surface area contributed by atoms with E-state index in [2.05, 4.69) is 10.3 Å². The molecule has 2 heterocycles. The molecule has 0 bridgehead atoms. The summed E-state index contributed by atoms with van der Waals surface area (Å²) in [7, 11) is 1.31. The van der Waals surface area contributed by atoms with Crippen LogP contribution in [0.5, 0.6) is 0 Å². The Morgan fingerprint density at radius 3 is 2.83 bits per heavy atom. The number of carbonyl (C=O) groups excluding carboxylic acids is 2. The summed E-state index contributed by atoms with van der Waals surface area (Å²) in [6, 6.07) is 5.22. The lowest BCUT2D eigenvalue weighted by atomic mass is 10.2. The molecule has 1 aromatic carbocycles. The number of rotatable bonds is 4. The monoisotopic (exact) mass is 368 g/mol. The number of anilines is 1. The van der Waals surface area contributed by atoms with Gasteiger partial charge in [0, 0.05) is 27.4 Å². The van der Waals surface area contributed by atoms with Gasteiger partial charge in [0.1, 0.15) is 5.69 Å². The van der Waals surface area contributed by atoms with Crippen LogP contribution in [-0.4, -0.2) is 55.1 Å². The van der Waals surface area contributed by atoms with Crippen LogP contribution < -0.4 is 10.2 Å². The SMILES string of the molecule is COC(=O)c1[nH]c2ccc(Cl)cc2c1NC(=O)C[NH+]1CCSCC1. The lowest BCUT2D eigenvalue weighted by Gasteiger charge is -2.22. The summed E-state index contributed by atoms with van der Waals surface area (Å²) in [4.78, 5) is 28.7. The number of hydrogen-bond acceptors (Lipinski definition) is 4. The van der Waals surface area contributed by atoms with Crippen LogP contribution in [0.3, 0.4) is 0 Å². The number of aromatic nitrogens is 1. The number of esters is 1. The van der Waals surface area contributed by atoms with Gasteiger partial charge in [-0.25, -0.2) is 4.79 Å². The third-order valence-electron chi connectivity index (χ3n) is 4.03. The van der Waals surface area contributed by atoms with Crippen LogP contribution in [0.4, 0.5) is 5.69 Å². The van der Waals surface area contributed by atoms with Gasteiger partial charge in [-0.15, -0.1) is 0 Å². The average Bonchev–Trinajstić information content (AvgIpc) is 2.93. The van der Waals surface area contributed by atoms with Crippen molar-refractivity contribution in [3.05, 3.63) is 28.9 Å². The fraction of sp³-hybridized carbons (Fsp3) is 0.375. The van der Waals surface area contributed by atoms with Gasteiger partial charge < -0.3 is 19.9 Å². The zero-order valence-electron chi connectivity index (χ0n) is 13.3. The van der Waals surface area contributed by atoms with E-state index in [1.165, 1.54) is 12.0 Å². The number of halogens is 1. The molecule has 128 valence electrons. The highest BCUT2D eigenvalue weighted by Gasteiger charge is 2.23. The van der Waals surface area contributed by atoms with Crippen LogP contribution in [0.2, 0.25) is 5.02 Å². The van der Waals surface area contributed by atoms with E-state index in [0.717, 1.165) is 30.1 Å². The van der Waals surface area contributed by atoms with Gasteiger partial charge in [0.2, 0.25) is 0 Å². The largest absolute Gasteiger partial charge is 0.464 e. The van der Waals surface area contributed by atoms with Gasteiger partial charge in [0.15, 0.2) is 6.54 Å². The summed E-state index contributed by atoms with van der Waals surface area (Å²) in [5.74, 6) is 1.49. The summed E-state index contributed by atoms with van der Waals surface area (Å²) in [5.41, 5.74) is 1.37. The van der Waals surface area contributed by atoms with Crippen molar-refractivity contribution in [2.45, 2.75) is 0 Å². The molecule has 1 saturated heterocycles. The smallest absolute Gasteiger partial charge is 0.356 e. The first-order chi connectivity index (χ1) is 11.6. The number of thioether (sulfide) groups is 1. The zero-order valence-corrected chi connectivity index (χ0v) is 14.9. The Morgan fingerprint density at radius 2 is 2.12 bits per heavy atom. The molecule has 0 unspecified atom stereocenters. The molecule has 6 nitrogen and oxygen atoms in total. The van der Waals surface area contributed by atoms with Gasteiger partial charge >= 0.3 is 5.97 Å². The molecule has 1 fully saturated rings. The molecular weight excluding hydrogens is 350 g/mol. The van der Waals surface area contributed by atoms with Crippen LogP contribution in [0.15, 0.2) is 18.2 Å². The molecule has 1 aliphatic heterocycles. The minimum Gasteiger partial charge on any atom is -0.464 e. The lowest BCUT2D eigenvalue weighted by molar-refractivity contribution is -0.887. The molecule has 2 aromatic rings. The quantitative estimate of drug-likeness (QED) is 0.708. The Kier molecular flexibility index (Phi) is 5.33. The Bertz CT molecular complexity index is 771. The number of benzene rings is 1. The van der Waals surface area contributed by atoms with Gasteiger partial charge in [-0.1, -0.05) is 11.6 Å². The van der Waals surface area contributed by atoms with Crippen molar-refractivity contribution in [3.8, 4) is 0 Å². The second-order valence-electron chi connectivity index (χ2n) is 5.64. The third-order valence-corrected chi connectivity index (χ3v) is 5.25. The van der Waals surface area contributed by atoms with E-state index < -0.39 is 5.97 Å². The molecule has 3 N–H and O–H groups in total. The molecule has 0 aliphatic carbocycles. The van der Waals surface area contributed by atoms with E-state index in [1.807, 2.05) is 11.8 Å². The Balaban J connectivity index is 1.87. The maximum Gasteiger partial charge on any atom is 0.356 e. The van der Waals surface area contributed by atoms with Crippen molar-refractivity contribution in [2.75, 3.05) is 43.6 Å². The second-order valence-corrected chi connectivity index (χ2v) is 7.30. The van der Waals surface area contributed by atoms with Crippen molar-refractivity contribution in [2.24, 2.45) is 0 Å². The normalized spacial score (nSPS) is 15.4. The standard InChI is InChI=1S/C16H18ClN3O3S/c1-23-16(22)15-14(11-8-10(17)2-3-12(11)18-15)19-13(21)9-20-4-6-24-7-5-20/h2-3,8,18H,4-7,9H2,1H3,(H,19,21)/p+1. The molecule has 0 atom stereocenters. The number of amides is 1. The van der Waals surface area contributed by atoms with Crippen molar-refractivity contribution in [1.29, 1.82) is 0 Å². The van der Waals surface area contributed by atoms with Crippen LogP contribution in [0, 0.1) is 0 Å². The van der Waals surface area contributed by atoms with E-state index in [-0.39, 0.29) is 11.6 Å². The number of quaternary nitrogens is 1. The zero-order chi connectivity index (χ0) is 17.1. The Labute approximate surface area is 148 Å². The maximum absolute atomic E-state index is 12.4. The molecule has 1 amide bonds. The maximum atomic E-state index is 12.4. The molecule has 1 aromatic heterocycles. The molecule has 24 heavy (non-hydrogen) atoms. The highest BCUT2D eigenvalue weighted by Crippen LogP contribution is 2.30. The Hall–Kier alpha value is -1.70. The highest BCUT2D eigenvalue weighted by molar-refractivity contribution is 7.99. The first kappa shape index (κ1) is 17.1. The van der Waals surface area contributed by atoms with E-state index in [1.54, 1.807) is 18.2 Å². The Morgan fingerprint density at radius 1 is 1.38 bits per heavy atom. The number of carbonyl (C=O) groups is 2. The van der Waals surface area contributed by atoms with Gasteiger partial charge in [0.25, 0.3) is 5.91 Å². The van der Waals surface area contributed by atoms with Crippen molar-refractivity contribution in [1.82, 2.24) is 4.98 Å². The fourth-order valence-electron chi connectivity index (χ4n) is 2.80.